The van der Waals surface area contributed by atoms with Crippen LogP contribution in [0.1, 0.15) is 19.8 Å². The average Bonchev–Trinajstić information content (AvgIpc) is 1.85. The number of carboxylic acids is 1. The summed E-state index contributed by atoms with van der Waals surface area (Å²) in [7, 11) is 0. The highest BCUT2D eigenvalue weighted by Gasteiger charge is 2.23. The molecule has 0 aromatic rings. The Morgan fingerprint density at radius 2 is 2.36 bits per heavy atom. The van der Waals surface area contributed by atoms with Gasteiger partial charge in [0.2, 0.25) is 0 Å². The van der Waals surface area contributed by atoms with Crippen LogP contribution in [0.3, 0.4) is 0 Å². The van der Waals surface area contributed by atoms with Crippen LogP contribution in [-0.4, -0.2) is 22.3 Å². The fourth-order valence-electron chi connectivity index (χ4n) is 1.30. The number of aliphatic hydroxyl groups excluding tert-OH is 1. The maximum absolute atomic E-state index is 10.4. The van der Waals surface area contributed by atoms with Crippen molar-refractivity contribution in [1.82, 2.24) is 0 Å². The fraction of sp³-hybridized carbons (Fsp3) is 0.625. The summed E-state index contributed by atoms with van der Waals surface area (Å²) >= 11 is 0. The molecule has 0 aromatic carbocycles. The van der Waals surface area contributed by atoms with Crippen molar-refractivity contribution in [3.63, 3.8) is 0 Å². The Hall–Kier alpha value is -0.830. The molecule has 0 spiro atoms. The third-order valence-corrected chi connectivity index (χ3v) is 1.97. The highest BCUT2D eigenvalue weighted by Crippen LogP contribution is 2.23. The zero-order valence-electron chi connectivity index (χ0n) is 6.45. The Morgan fingerprint density at radius 1 is 1.73 bits per heavy atom. The van der Waals surface area contributed by atoms with Crippen LogP contribution in [0.5, 0.6) is 0 Å². The second-order valence-electron chi connectivity index (χ2n) is 3.06. The number of aliphatic hydroxyl groups is 1. The van der Waals surface area contributed by atoms with E-state index in [0.717, 1.165) is 6.42 Å². The van der Waals surface area contributed by atoms with Crippen LogP contribution in [0.4, 0.5) is 0 Å². The monoisotopic (exact) mass is 156 g/mol. The van der Waals surface area contributed by atoms with Gasteiger partial charge in [0.25, 0.3) is 0 Å². The Balaban J connectivity index is 2.72. The van der Waals surface area contributed by atoms with Gasteiger partial charge in [0.05, 0.1) is 11.7 Å². The van der Waals surface area contributed by atoms with E-state index < -0.39 is 12.1 Å². The SMILES string of the molecule is C[C@@H]1CC=C(C(=O)O)[C@H](O)C1. The molecule has 0 heterocycles. The van der Waals surface area contributed by atoms with Crippen LogP contribution in [0.2, 0.25) is 0 Å². The number of carboxylic acid groups (broad SMARTS) is 1. The molecule has 1 rings (SSSR count). The van der Waals surface area contributed by atoms with Gasteiger partial charge in [0.15, 0.2) is 0 Å². The van der Waals surface area contributed by atoms with E-state index in [1.54, 1.807) is 6.08 Å². The summed E-state index contributed by atoms with van der Waals surface area (Å²) in [4.78, 5) is 10.4. The van der Waals surface area contributed by atoms with Gasteiger partial charge >= 0.3 is 5.97 Å². The molecule has 11 heavy (non-hydrogen) atoms. The van der Waals surface area contributed by atoms with Crippen LogP contribution in [0.15, 0.2) is 11.6 Å². The van der Waals surface area contributed by atoms with Gasteiger partial charge in [-0.25, -0.2) is 4.79 Å². The van der Waals surface area contributed by atoms with E-state index in [0.29, 0.717) is 12.3 Å². The predicted molar refractivity (Wildman–Crippen MR) is 40.1 cm³/mol. The van der Waals surface area contributed by atoms with E-state index >= 15 is 0 Å². The third kappa shape index (κ3) is 1.80. The Labute approximate surface area is 65.3 Å². The second-order valence-corrected chi connectivity index (χ2v) is 3.06. The summed E-state index contributed by atoms with van der Waals surface area (Å²) in [6, 6.07) is 0. The molecular weight excluding hydrogens is 144 g/mol. The van der Waals surface area contributed by atoms with Gasteiger partial charge in [-0.2, -0.15) is 0 Å². The number of carbonyl (C=O) groups is 1. The van der Waals surface area contributed by atoms with Crippen molar-refractivity contribution in [2.45, 2.75) is 25.9 Å². The van der Waals surface area contributed by atoms with Crippen LogP contribution in [-0.2, 0) is 4.79 Å². The summed E-state index contributed by atoms with van der Waals surface area (Å²) in [6.45, 7) is 2.00. The average molecular weight is 156 g/mol. The van der Waals surface area contributed by atoms with E-state index in [1.807, 2.05) is 6.92 Å². The Morgan fingerprint density at radius 3 is 2.82 bits per heavy atom. The molecule has 0 bridgehead atoms. The first-order chi connectivity index (χ1) is 5.11. The van der Waals surface area contributed by atoms with Crippen LogP contribution in [0, 0.1) is 5.92 Å². The largest absolute Gasteiger partial charge is 0.478 e. The third-order valence-electron chi connectivity index (χ3n) is 1.97. The standard InChI is InChI=1S/C8H12O3/c1-5-2-3-6(8(10)11)7(9)4-5/h3,5,7,9H,2,4H2,1H3,(H,10,11)/t5-,7-/m1/s1. The molecule has 62 valence electrons. The molecule has 3 nitrogen and oxygen atoms in total. The van der Waals surface area contributed by atoms with Crippen molar-refractivity contribution in [3.8, 4) is 0 Å². The number of allylic oxidation sites excluding steroid dienone is 1. The zero-order valence-corrected chi connectivity index (χ0v) is 6.45. The van der Waals surface area contributed by atoms with E-state index in [4.69, 9.17) is 5.11 Å². The number of aliphatic carboxylic acids is 1. The molecule has 0 saturated carbocycles. The van der Waals surface area contributed by atoms with Gasteiger partial charge in [-0.05, 0) is 18.8 Å². The second kappa shape index (κ2) is 3.05. The molecule has 0 saturated heterocycles. The lowest BCUT2D eigenvalue weighted by molar-refractivity contribution is -0.134. The molecule has 1 aliphatic carbocycles. The molecule has 0 fully saturated rings. The predicted octanol–water partition coefficient (Wildman–Crippen LogP) is 0.788. The van der Waals surface area contributed by atoms with Gasteiger partial charge in [0, 0.05) is 0 Å². The van der Waals surface area contributed by atoms with Crippen LogP contribution < -0.4 is 0 Å². The molecule has 2 atom stereocenters. The van der Waals surface area contributed by atoms with Crippen LogP contribution in [0.25, 0.3) is 0 Å². The highest BCUT2D eigenvalue weighted by atomic mass is 16.4. The van der Waals surface area contributed by atoms with Crippen molar-refractivity contribution >= 4 is 5.97 Å². The summed E-state index contributed by atoms with van der Waals surface area (Å²) in [5, 5.41) is 17.8. The number of rotatable bonds is 1. The minimum atomic E-state index is -0.996. The fourth-order valence-corrected chi connectivity index (χ4v) is 1.30. The summed E-state index contributed by atoms with van der Waals surface area (Å²) in [5.74, 6) is -0.600. The normalized spacial score (nSPS) is 31.3. The molecule has 0 amide bonds. The lowest BCUT2D eigenvalue weighted by atomic mass is 9.89. The quantitative estimate of drug-likeness (QED) is 0.590. The van der Waals surface area contributed by atoms with Crippen molar-refractivity contribution in [2.75, 3.05) is 0 Å². The van der Waals surface area contributed by atoms with Crippen molar-refractivity contribution in [1.29, 1.82) is 0 Å². The van der Waals surface area contributed by atoms with Crippen molar-refractivity contribution < 1.29 is 15.0 Å². The Bertz CT molecular complexity index is 196. The highest BCUT2D eigenvalue weighted by molar-refractivity contribution is 5.87. The topological polar surface area (TPSA) is 57.5 Å². The molecule has 1 aliphatic rings. The van der Waals surface area contributed by atoms with E-state index in [1.165, 1.54) is 0 Å². The molecule has 3 heteroatoms. The Kier molecular flexibility index (Phi) is 2.29. The first-order valence-electron chi connectivity index (χ1n) is 3.72. The first-order valence-corrected chi connectivity index (χ1v) is 3.72. The molecule has 0 aliphatic heterocycles. The summed E-state index contributed by atoms with van der Waals surface area (Å²) in [6.07, 6.45) is 2.18. The lowest BCUT2D eigenvalue weighted by Crippen LogP contribution is -2.23. The summed E-state index contributed by atoms with van der Waals surface area (Å²) < 4.78 is 0. The minimum absolute atomic E-state index is 0.156. The van der Waals surface area contributed by atoms with Crippen molar-refractivity contribution in [2.24, 2.45) is 5.92 Å². The maximum atomic E-state index is 10.4. The maximum Gasteiger partial charge on any atom is 0.333 e. The molecule has 2 N–H and O–H groups in total. The van der Waals surface area contributed by atoms with Gasteiger partial charge in [-0.3, -0.25) is 0 Å². The van der Waals surface area contributed by atoms with Gasteiger partial charge in [0.1, 0.15) is 0 Å². The molecule has 0 radical (unpaired) electrons. The zero-order chi connectivity index (χ0) is 8.43. The molecular formula is C8H12O3. The molecule has 0 aromatic heterocycles. The summed E-state index contributed by atoms with van der Waals surface area (Å²) in [5.41, 5.74) is 0.156. The van der Waals surface area contributed by atoms with E-state index in [9.17, 15) is 9.90 Å². The van der Waals surface area contributed by atoms with Crippen LogP contribution >= 0.6 is 0 Å². The minimum Gasteiger partial charge on any atom is -0.478 e. The van der Waals surface area contributed by atoms with Gasteiger partial charge < -0.3 is 10.2 Å². The lowest BCUT2D eigenvalue weighted by Gasteiger charge is -2.21. The number of hydrogen-bond acceptors (Lipinski definition) is 2. The smallest absolute Gasteiger partial charge is 0.333 e. The first kappa shape index (κ1) is 8.27. The number of hydrogen-bond donors (Lipinski definition) is 2. The van der Waals surface area contributed by atoms with Gasteiger partial charge in [-0.15, -0.1) is 0 Å². The van der Waals surface area contributed by atoms with Gasteiger partial charge in [-0.1, -0.05) is 13.0 Å². The van der Waals surface area contributed by atoms with Crippen molar-refractivity contribution in [3.05, 3.63) is 11.6 Å². The van der Waals surface area contributed by atoms with E-state index in [2.05, 4.69) is 0 Å². The molecule has 0 unspecified atom stereocenters. The van der Waals surface area contributed by atoms with E-state index in [-0.39, 0.29) is 5.57 Å².